The van der Waals surface area contributed by atoms with Crippen LogP contribution in [0.25, 0.3) is 0 Å². The summed E-state index contributed by atoms with van der Waals surface area (Å²) in [6.45, 7) is 1.01. The third-order valence-electron chi connectivity index (χ3n) is 11.5. The molecule has 25 atom stereocenters. The van der Waals surface area contributed by atoms with Gasteiger partial charge in [-0.1, -0.05) is 0 Å². The average molecular weight is 936 g/mol. The molecule has 5 heterocycles. The summed E-state index contributed by atoms with van der Waals surface area (Å²) in [6, 6.07) is -4.65. The van der Waals surface area contributed by atoms with Crippen LogP contribution in [0.3, 0.4) is 0 Å². The second-order valence-electron chi connectivity index (χ2n) is 16.2. The molecule has 5 saturated heterocycles. The molecule has 0 aromatic carbocycles. The number of hydrogen-bond donors (Lipinski definition) is 16. The zero-order valence-electron chi connectivity index (χ0n) is 35.0. The highest BCUT2D eigenvalue weighted by Gasteiger charge is 2.57. The van der Waals surface area contributed by atoms with Crippen molar-refractivity contribution >= 4 is 17.7 Å². The van der Waals surface area contributed by atoms with Gasteiger partial charge in [-0.3, -0.25) is 14.4 Å². The third kappa shape index (κ3) is 11.6. The van der Waals surface area contributed by atoms with E-state index in [0.717, 1.165) is 20.8 Å². The van der Waals surface area contributed by atoms with E-state index in [1.165, 1.54) is 6.92 Å². The first-order valence-corrected chi connectivity index (χ1v) is 20.4. The van der Waals surface area contributed by atoms with E-state index in [1.54, 1.807) is 0 Å². The topological polar surface area (TPSA) is 433 Å². The van der Waals surface area contributed by atoms with E-state index in [1.807, 2.05) is 0 Å². The maximum atomic E-state index is 12.5. The lowest BCUT2D eigenvalue weighted by Gasteiger charge is -2.51. The van der Waals surface area contributed by atoms with Crippen molar-refractivity contribution in [2.45, 2.75) is 181 Å². The Morgan fingerprint density at radius 2 is 0.906 bits per heavy atom. The van der Waals surface area contributed by atoms with Crippen molar-refractivity contribution in [2.24, 2.45) is 0 Å². The maximum absolute atomic E-state index is 12.5. The summed E-state index contributed by atoms with van der Waals surface area (Å²) >= 11 is 0. The Morgan fingerprint density at radius 3 is 1.48 bits per heavy atom. The van der Waals surface area contributed by atoms with Gasteiger partial charge in [0.2, 0.25) is 17.7 Å². The Balaban J connectivity index is 1.46. The molecule has 0 aromatic rings. The minimum atomic E-state index is -2.02. The van der Waals surface area contributed by atoms with Crippen molar-refractivity contribution in [1.82, 2.24) is 16.0 Å². The van der Waals surface area contributed by atoms with Crippen LogP contribution in [0.2, 0.25) is 0 Å². The van der Waals surface area contributed by atoms with Gasteiger partial charge in [0.1, 0.15) is 116 Å². The summed E-state index contributed by atoms with van der Waals surface area (Å²) in [7, 11) is 0. The molecular weight excluding hydrogens is 874 g/mol. The predicted molar refractivity (Wildman–Crippen MR) is 200 cm³/mol. The highest BCUT2D eigenvalue weighted by Crippen LogP contribution is 2.36. The molecule has 3 amide bonds. The molecule has 0 spiro atoms. The summed E-state index contributed by atoms with van der Waals surface area (Å²) in [5.74, 6) is -2.17. The summed E-state index contributed by atoms with van der Waals surface area (Å²) in [5, 5.41) is 147. The molecule has 16 N–H and O–H groups in total. The van der Waals surface area contributed by atoms with Crippen molar-refractivity contribution in [3.8, 4) is 0 Å². The van der Waals surface area contributed by atoms with Crippen LogP contribution in [0.1, 0.15) is 27.7 Å². The average Bonchev–Trinajstić information content (AvgIpc) is 3.24. The van der Waals surface area contributed by atoms with E-state index in [9.17, 15) is 80.8 Å². The van der Waals surface area contributed by atoms with Crippen molar-refractivity contribution in [2.75, 3.05) is 26.4 Å². The Bertz CT molecular complexity index is 1540. The van der Waals surface area contributed by atoms with E-state index in [2.05, 4.69) is 16.0 Å². The molecule has 5 aliphatic heterocycles. The predicted octanol–water partition coefficient (Wildman–Crippen LogP) is -10.5. The van der Waals surface area contributed by atoms with Gasteiger partial charge in [0, 0.05) is 20.8 Å². The first-order valence-electron chi connectivity index (χ1n) is 20.4. The standard InChI is InChI=1S/C36H61N3O25/c1-9-20(46)27(53)28(54)35(57-9)64-31-30(63-34-18(38-11(3)44)25(51)21(47)13(5-40)59-34)23(49)14(6-41)60-36(31)62-29-15(7-42)61-33(19(26(29)52)39-12(4)45)56-8-16-22(48)24(50)17(32(55)58-16)37-10(2)43/h9,13-36,40-42,46-55H,5-8H2,1-4H3,(H,37,43)(H,38,44)(H,39,45)/t9-,13+,14+,15+,16+,17+,18+,19+,20+,21-,22-,23-,24+,25+,26+,27+,28-,29+,30-,31+,32+,33+,34+,35-,36-/m0/s1. The number of aliphatic hydroxyl groups is 13. The quantitative estimate of drug-likeness (QED) is 0.0725. The SMILES string of the molecule is CC(=O)N[C@@H]1[C@@H](O)[C@@H](O)[C@@H](CO[C@@H]2O[C@H](CO)[C@@H](O[C@@H]3O[C@H](CO)[C@H](O)[C@H](O[C@H]4O[C@H](CO)[C@H](O)[C@H](O)[C@H]4NC(C)=O)[C@H]3O[C@@H]3O[C@@H](C)[C@@H](O)[C@@H](O)[C@@H]3O)[C@H](O)[C@H]2NC(C)=O)O[C@H]1O. The fraction of sp³-hybridized carbons (Fsp3) is 0.917. The lowest BCUT2D eigenvalue weighted by Crippen LogP contribution is -2.70. The normalized spacial score (nSPS) is 47.7. The van der Waals surface area contributed by atoms with Gasteiger partial charge in [-0.05, 0) is 6.92 Å². The first-order chi connectivity index (χ1) is 30.1. The van der Waals surface area contributed by atoms with Gasteiger partial charge in [0.15, 0.2) is 31.5 Å². The third-order valence-corrected chi connectivity index (χ3v) is 11.5. The minimum absolute atomic E-state index is 0.649. The van der Waals surface area contributed by atoms with Gasteiger partial charge in [0.25, 0.3) is 0 Å². The van der Waals surface area contributed by atoms with E-state index >= 15 is 0 Å². The lowest BCUT2D eigenvalue weighted by molar-refractivity contribution is -0.399. The summed E-state index contributed by atoms with van der Waals surface area (Å²) in [6.07, 6.45) is -39.1. The van der Waals surface area contributed by atoms with Crippen molar-refractivity contribution < 1.29 is 123 Å². The number of carbonyl (C=O) groups is 3. The van der Waals surface area contributed by atoms with Crippen molar-refractivity contribution in [3.05, 3.63) is 0 Å². The number of ether oxygens (including phenoxy) is 9. The molecule has 64 heavy (non-hydrogen) atoms. The highest BCUT2D eigenvalue weighted by atomic mass is 16.8. The van der Waals surface area contributed by atoms with Crippen LogP contribution in [-0.2, 0) is 57.0 Å². The maximum Gasteiger partial charge on any atom is 0.217 e. The van der Waals surface area contributed by atoms with Crippen LogP contribution in [0.4, 0.5) is 0 Å². The van der Waals surface area contributed by atoms with Gasteiger partial charge in [-0.15, -0.1) is 0 Å². The first kappa shape index (κ1) is 52.5. The summed E-state index contributed by atoms with van der Waals surface area (Å²) in [5.41, 5.74) is 0. The molecule has 0 aromatic heterocycles. The molecule has 0 aliphatic carbocycles. The van der Waals surface area contributed by atoms with E-state index in [4.69, 9.17) is 42.6 Å². The molecule has 28 heteroatoms. The van der Waals surface area contributed by atoms with E-state index in [0.29, 0.717) is 0 Å². The monoisotopic (exact) mass is 935 g/mol. The molecule has 5 fully saturated rings. The molecule has 370 valence electrons. The van der Waals surface area contributed by atoms with Crippen LogP contribution in [0.15, 0.2) is 0 Å². The highest BCUT2D eigenvalue weighted by molar-refractivity contribution is 5.74. The second-order valence-corrected chi connectivity index (χ2v) is 16.2. The molecule has 5 rings (SSSR count). The fourth-order valence-corrected chi connectivity index (χ4v) is 8.06. The van der Waals surface area contributed by atoms with Crippen molar-refractivity contribution in [3.63, 3.8) is 0 Å². The smallest absolute Gasteiger partial charge is 0.217 e. The molecule has 0 bridgehead atoms. The second kappa shape index (κ2) is 22.6. The van der Waals surface area contributed by atoms with Gasteiger partial charge in [-0.25, -0.2) is 0 Å². The van der Waals surface area contributed by atoms with Crippen LogP contribution in [0.5, 0.6) is 0 Å². The van der Waals surface area contributed by atoms with Gasteiger partial charge in [0.05, 0.1) is 32.5 Å². The van der Waals surface area contributed by atoms with Crippen LogP contribution < -0.4 is 16.0 Å². The molecule has 0 radical (unpaired) electrons. The number of carbonyl (C=O) groups excluding carboxylic acids is 3. The molecular formula is C36H61N3O25. The molecule has 0 unspecified atom stereocenters. The molecule has 0 saturated carbocycles. The number of nitrogens with one attached hydrogen (secondary N) is 3. The number of amides is 3. The van der Waals surface area contributed by atoms with E-state index < -0.39 is 197 Å². The largest absolute Gasteiger partial charge is 0.394 e. The van der Waals surface area contributed by atoms with Crippen LogP contribution in [0, 0.1) is 0 Å². The fourth-order valence-electron chi connectivity index (χ4n) is 8.06. The zero-order valence-corrected chi connectivity index (χ0v) is 35.0. The van der Waals surface area contributed by atoms with Crippen LogP contribution in [-0.4, -0.2) is 264 Å². The lowest BCUT2D eigenvalue weighted by atomic mass is 9.94. The van der Waals surface area contributed by atoms with Gasteiger partial charge < -0.3 is 125 Å². The Hall–Kier alpha value is -2.47. The summed E-state index contributed by atoms with van der Waals surface area (Å²) < 4.78 is 52.6. The van der Waals surface area contributed by atoms with Gasteiger partial charge >= 0.3 is 0 Å². The van der Waals surface area contributed by atoms with Crippen molar-refractivity contribution in [1.29, 1.82) is 0 Å². The summed E-state index contributed by atoms with van der Waals surface area (Å²) in [4.78, 5) is 36.2. The molecule has 28 nitrogen and oxygen atoms in total. The number of rotatable bonds is 15. The Labute approximate surface area is 364 Å². The zero-order chi connectivity index (χ0) is 47.5. The Morgan fingerprint density at radius 1 is 0.438 bits per heavy atom. The minimum Gasteiger partial charge on any atom is -0.394 e. The van der Waals surface area contributed by atoms with E-state index in [-0.39, 0.29) is 0 Å². The number of aliphatic hydroxyl groups excluding tert-OH is 13. The Kier molecular flexibility index (Phi) is 18.5. The van der Waals surface area contributed by atoms with Gasteiger partial charge in [-0.2, -0.15) is 0 Å². The molecule has 5 aliphatic rings. The number of hydrogen-bond acceptors (Lipinski definition) is 25. The van der Waals surface area contributed by atoms with Crippen LogP contribution >= 0.6 is 0 Å².